The van der Waals surface area contributed by atoms with E-state index in [-0.39, 0.29) is 17.2 Å². The lowest BCUT2D eigenvalue weighted by atomic mass is 10.1. The van der Waals surface area contributed by atoms with Gasteiger partial charge in [0.2, 0.25) is 5.91 Å². The van der Waals surface area contributed by atoms with Crippen LogP contribution in [0.3, 0.4) is 0 Å². The molecule has 0 spiro atoms. The third-order valence-corrected chi connectivity index (χ3v) is 6.40. The smallest absolute Gasteiger partial charge is 0.255 e. The Morgan fingerprint density at radius 1 is 1.07 bits per heavy atom. The second-order valence-electron chi connectivity index (χ2n) is 6.85. The van der Waals surface area contributed by atoms with Gasteiger partial charge in [0.05, 0.1) is 5.75 Å². The highest BCUT2D eigenvalue weighted by atomic mass is 79.9. The van der Waals surface area contributed by atoms with Gasteiger partial charge in [0.1, 0.15) is 5.37 Å². The van der Waals surface area contributed by atoms with Crippen molar-refractivity contribution in [1.29, 1.82) is 0 Å². The molecule has 2 amide bonds. The van der Waals surface area contributed by atoms with E-state index < -0.39 is 0 Å². The molecule has 146 valence electrons. The zero-order chi connectivity index (χ0) is 20.4. The molecular formula is C23H19BrN2O2S. The molecule has 1 N–H and O–H groups in total. The molecule has 3 aromatic carbocycles. The summed E-state index contributed by atoms with van der Waals surface area (Å²) in [4.78, 5) is 27.0. The lowest BCUT2D eigenvalue weighted by Crippen LogP contribution is -2.27. The van der Waals surface area contributed by atoms with Crippen molar-refractivity contribution in [3.05, 3.63) is 94.0 Å². The van der Waals surface area contributed by atoms with Crippen molar-refractivity contribution in [2.45, 2.75) is 12.3 Å². The van der Waals surface area contributed by atoms with E-state index in [1.165, 1.54) is 0 Å². The summed E-state index contributed by atoms with van der Waals surface area (Å²) in [5.74, 6) is 0.356. The molecule has 4 rings (SSSR count). The minimum atomic E-state index is -0.172. The van der Waals surface area contributed by atoms with Gasteiger partial charge in [-0.05, 0) is 55.0 Å². The van der Waals surface area contributed by atoms with Crippen LogP contribution < -0.4 is 10.2 Å². The summed E-state index contributed by atoms with van der Waals surface area (Å²) in [5.41, 5.74) is 4.31. The second-order valence-corrected chi connectivity index (χ2v) is 8.84. The van der Waals surface area contributed by atoms with Crippen LogP contribution in [0.1, 0.15) is 26.9 Å². The highest BCUT2D eigenvalue weighted by Crippen LogP contribution is 2.42. The fourth-order valence-corrected chi connectivity index (χ4v) is 4.82. The Labute approximate surface area is 182 Å². The Bertz CT molecular complexity index is 1070. The maximum absolute atomic E-state index is 12.6. The van der Waals surface area contributed by atoms with Crippen molar-refractivity contribution in [3.63, 3.8) is 0 Å². The molecule has 6 heteroatoms. The number of halogens is 1. The van der Waals surface area contributed by atoms with Crippen LogP contribution in [0.15, 0.2) is 77.3 Å². The maximum Gasteiger partial charge on any atom is 0.255 e. The topological polar surface area (TPSA) is 49.4 Å². The van der Waals surface area contributed by atoms with Crippen molar-refractivity contribution in [3.8, 4) is 0 Å². The summed E-state index contributed by atoms with van der Waals surface area (Å²) in [5, 5.41) is 2.83. The van der Waals surface area contributed by atoms with Gasteiger partial charge in [-0.3, -0.25) is 14.5 Å². The number of hydrogen-bond donors (Lipinski definition) is 1. The van der Waals surface area contributed by atoms with E-state index in [9.17, 15) is 9.59 Å². The minimum absolute atomic E-state index is 0.0902. The van der Waals surface area contributed by atoms with E-state index in [0.717, 1.165) is 21.3 Å². The lowest BCUT2D eigenvalue weighted by molar-refractivity contribution is -0.115. The number of carbonyl (C=O) groups excluding carboxylic acids is 2. The maximum atomic E-state index is 12.6. The molecule has 1 atom stereocenters. The zero-order valence-electron chi connectivity index (χ0n) is 15.8. The van der Waals surface area contributed by atoms with Crippen molar-refractivity contribution in [2.24, 2.45) is 0 Å². The molecule has 3 aromatic rings. The van der Waals surface area contributed by atoms with E-state index in [1.807, 2.05) is 72.5 Å². The van der Waals surface area contributed by atoms with E-state index >= 15 is 0 Å². The van der Waals surface area contributed by atoms with E-state index in [0.29, 0.717) is 17.0 Å². The summed E-state index contributed by atoms with van der Waals surface area (Å²) >= 11 is 4.98. The number of thioether (sulfide) groups is 1. The molecule has 0 saturated carbocycles. The molecule has 0 aromatic heterocycles. The molecule has 0 aliphatic carbocycles. The summed E-state index contributed by atoms with van der Waals surface area (Å²) in [7, 11) is 0. The monoisotopic (exact) mass is 466 g/mol. The molecule has 1 heterocycles. The van der Waals surface area contributed by atoms with Gasteiger partial charge in [0, 0.05) is 21.4 Å². The number of nitrogens with one attached hydrogen (secondary N) is 1. The molecule has 0 radical (unpaired) electrons. The van der Waals surface area contributed by atoms with Crippen LogP contribution in [0.4, 0.5) is 11.4 Å². The summed E-state index contributed by atoms with van der Waals surface area (Å²) in [6.07, 6.45) is 0. The molecule has 1 saturated heterocycles. The molecule has 1 fully saturated rings. The van der Waals surface area contributed by atoms with Gasteiger partial charge < -0.3 is 5.32 Å². The van der Waals surface area contributed by atoms with Gasteiger partial charge in [-0.25, -0.2) is 0 Å². The molecule has 29 heavy (non-hydrogen) atoms. The molecule has 0 bridgehead atoms. The average molecular weight is 467 g/mol. The van der Waals surface area contributed by atoms with Crippen LogP contribution in [0, 0.1) is 6.92 Å². The Kier molecular flexibility index (Phi) is 5.74. The lowest BCUT2D eigenvalue weighted by Gasteiger charge is -2.25. The van der Waals surface area contributed by atoms with E-state index in [2.05, 4.69) is 21.2 Å². The van der Waals surface area contributed by atoms with Crippen LogP contribution in [0.5, 0.6) is 0 Å². The molecule has 1 aliphatic rings. The molecule has 1 aliphatic heterocycles. The van der Waals surface area contributed by atoms with Gasteiger partial charge in [-0.1, -0.05) is 51.8 Å². The number of rotatable bonds is 4. The average Bonchev–Trinajstić information content (AvgIpc) is 3.10. The Morgan fingerprint density at radius 3 is 2.59 bits per heavy atom. The number of benzene rings is 3. The van der Waals surface area contributed by atoms with Crippen LogP contribution in [0.2, 0.25) is 0 Å². The number of amides is 2. The van der Waals surface area contributed by atoms with Gasteiger partial charge in [-0.2, -0.15) is 0 Å². The Morgan fingerprint density at radius 2 is 1.83 bits per heavy atom. The predicted octanol–water partition coefficient (Wildman–Crippen LogP) is 5.79. The van der Waals surface area contributed by atoms with Crippen LogP contribution in [-0.2, 0) is 4.79 Å². The Hall–Kier alpha value is -2.57. The Balaban J connectivity index is 1.58. The van der Waals surface area contributed by atoms with Crippen LogP contribution in [0.25, 0.3) is 0 Å². The first-order valence-electron chi connectivity index (χ1n) is 9.18. The highest BCUT2D eigenvalue weighted by molar-refractivity contribution is 9.10. The fourth-order valence-electron chi connectivity index (χ4n) is 3.26. The molecular weight excluding hydrogens is 448 g/mol. The first kappa shape index (κ1) is 19.7. The zero-order valence-corrected chi connectivity index (χ0v) is 18.2. The largest absolute Gasteiger partial charge is 0.322 e. The minimum Gasteiger partial charge on any atom is -0.322 e. The van der Waals surface area contributed by atoms with Gasteiger partial charge in [0.25, 0.3) is 5.91 Å². The first-order chi connectivity index (χ1) is 14.0. The third-order valence-electron chi connectivity index (χ3n) is 4.70. The standard InChI is InChI=1S/C23H19BrN2O2S/c1-15-8-10-20(11-9-15)26-21(27)14-29-23(26)17-5-3-7-19(13-17)25-22(28)16-4-2-6-18(24)12-16/h2-13,23H,14H2,1H3,(H,25,28)/t23-/m1/s1. The number of nitrogens with zero attached hydrogens (tertiary/aromatic N) is 1. The number of hydrogen-bond acceptors (Lipinski definition) is 3. The molecule has 4 nitrogen and oxygen atoms in total. The predicted molar refractivity (Wildman–Crippen MR) is 122 cm³/mol. The number of aryl methyl sites for hydroxylation is 1. The van der Waals surface area contributed by atoms with E-state index in [1.54, 1.807) is 23.9 Å². The van der Waals surface area contributed by atoms with Crippen molar-refractivity contribution < 1.29 is 9.59 Å². The summed E-state index contributed by atoms with van der Waals surface area (Å²) in [6.45, 7) is 2.03. The third kappa shape index (κ3) is 4.38. The van der Waals surface area contributed by atoms with Crippen molar-refractivity contribution in [1.82, 2.24) is 0 Å². The van der Waals surface area contributed by atoms with Crippen molar-refractivity contribution in [2.75, 3.05) is 16.0 Å². The van der Waals surface area contributed by atoms with Crippen LogP contribution >= 0.6 is 27.7 Å². The highest BCUT2D eigenvalue weighted by Gasteiger charge is 2.34. The van der Waals surface area contributed by atoms with Gasteiger partial charge in [0.15, 0.2) is 0 Å². The van der Waals surface area contributed by atoms with Gasteiger partial charge in [-0.15, -0.1) is 11.8 Å². The normalized spacial score (nSPS) is 16.1. The fraction of sp³-hybridized carbons (Fsp3) is 0.130. The van der Waals surface area contributed by atoms with Crippen molar-refractivity contribution >= 4 is 50.9 Å². The quantitative estimate of drug-likeness (QED) is 0.529. The summed E-state index contributed by atoms with van der Waals surface area (Å²) in [6, 6.07) is 22.9. The summed E-state index contributed by atoms with van der Waals surface area (Å²) < 4.78 is 0.855. The second kappa shape index (κ2) is 8.43. The van der Waals surface area contributed by atoms with Gasteiger partial charge >= 0.3 is 0 Å². The number of carbonyl (C=O) groups is 2. The SMILES string of the molecule is Cc1ccc(N2C(=O)CS[C@@H]2c2cccc(NC(=O)c3cccc(Br)c3)c2)cc1. The van der Waals surface area contributed by atoms with Crippen LogP contribution in [-0.4, -0.2) is 17.6 Å². The number of anilines is 2. The van der Waals surface area contributed by atoms with E-state index in [4.69, 9.17) is 0 Å². The first-order valence-corrected chi connectivity index (χ1v) is 11.0. The molecule has 0 unspecified atom stereocenters.